The second-order valence-corrected chi connectivity index (χ2v) is 4.93. The number of unbranched alkanes of at least 4 members (excludes halogenated alkanes) is 5. The van der Waals surface area contributed by atoms with Gasteiger partial charge in [0.1, 0.15) is 0 Å². The minimum absolute atomic E-state index is 0.0563. The molecule has 104 valence electrons. The molecule has 2 heteroatoms. The normalized spacial score (nSPS) is 19.3. The van der Waals surface area contributed by atoms with Crippen LogP contribution in [0.4, 0.5) is 0 Å². The highest BCUT2D eigenvalue weighted by Crippen LogP contribution is 2.13. The second kappa shape index (κ2) is 11.6. The lowest BCUT2D eigenvalue weighted by atomic mass is 10.1. The molecular weight excluding hydrogens is 224 g/mol. The Hall–Kier alpha value is -0.520. The van der Waals surface area contributed by atoms with E-state index in [0.29, 0.717) is 0 Å². The Kier molecular flexibility index (Phi) is 9.98. The first kappa shape index (κ1) is 15.5. The van der Waals surface area contributed by atoms with E-state index in [-0.39, 0.29) is 6.29 Å². The van der Waals surface area contributed by atoms with Crippen LogP contribution in [0.5, 0.6) is 0 Å². The number of rotatable bonds is 8. The van der Waals surface area contributed by atoms with Gasteiger partial charge in [-0.3, -0.25) is 0 Å². The summed E-state index contributed by atoms with van der Waals surface area (Å²) in [4.78, 5) is 0. The third-order valence-electron chi connectivity index (χ3n) is 3.17. The molecule has 1 heterocycles. The fourth-order valence-electron chi connectivity index (χ4n) is 2.03. The molecule has 18 heavy (non-hydrogen) atoms. The fourth-order valence-corrected chi connectivity index (χ4v) is 2.03. The Morgan fingerprint density at radius 3 is 2.61 bits per heavy atom. The van der Waals surface area contributed by atoms with Crippen LogP contribution in [0.15, 0.2) is 0 Å². The van der Waals surface area contributed by atoms with Gasteiger partial charge in [0.25, 0.3) is 0 Å². The van der Waals surface area contributed by atoms with Gasteiger partial charge in [0.15, 0.2) is 6.29 Å². The molecule has 0 saturated carbocycles. The zero-order chi connectivity index (χ0) is 12.9. The zero-order valence-electron chi connectivity index (χ0n) is 11.9. The molecule has 1 atom stereocenters. The lowest BCUT2D eigenvalue weighted by Crippen LogP contribution is -2.22. The van der Waals surface area contributed by atoms with Crippen molar-refractivity contribution in [3.8, 4) is 11.8 Å². The van der Waals surface area contributed by atoms with E-state index >= 15 is 0 Å². The Morgan fingerprint density at radius 2 is 1.89 bits per heavy atom. The van der Waals surface area contributed by atoms with E-state index in [2.05, 4.69) is 18.8 Å². The monoisotopic (exact) mass is 252 g/mol. The summed E-state index contributed by atoms with van der Waals surface area (Å²) in [6.45, 7) is 3.89. The van der Waals surface area contributed by atoms with Crippen LogP contribution in [0, 0.1) is 11.8 Å². The van der Waals surface area contributed by atoms with E-state index in [1.54, 1.807) is 0 Å². The molecule has 0 amide bonds. The van der Waals surface area contributed by atoms with E-state index < -0.39 is 0 Å². The first-order chi connectivity index (χ1) is 8.93. The van der Waals surface area contributed by atoms with Gasteiger partial charge in [-0.2, -0.15) is 0 Å². The molecular formula is C16H28O2. The summed E-state index contributed by atoms with van der Waals surface area (Å²) in [5.74, 6) is 6.48. The molecule has 1 aliphatic rings. The molecule has 1 saturated heterocycles. The molecule has 0 N–H and O–H groups in total. The summed E-state index contributed by atoms with van der Waals surface area (Å²) in [6.07, 6.45) is 11.8. The predicted octanol–water partition coefficient (Wildman–Crippen LogP) is 4.28. The van der Waals surface area contributed by atoms with E-state index in [9.17, 15) is 0 Å². The van der Waals surface area contributed by atoms with Crippen molar-refractivity contribution in [3.05, 3.63) is 0 Å². The lowest BCUT2D eigenvalue weighted by molar-refractivity contribution is -0.162. The van der Waals surface area contributed by atoms with Gasteiger partial charge in [-0.05, 0) is 32.1 Å². The third kappa shape index (κ3) is 8.55. The summed E-state index contributed by atoms with van der Waals surface area (Å²) in [6, 6.07) is 0. The number of ether oxygens (including phenoxy) is 2. The first-order valence-electron chi connectivity index (χ1n) is 7.62. The average molecular weight is 252 g/mol. The second-order valence-electron chi connectivity index (χ2n) is 4.93. The van der Waals surface area contributed by atoms with Crippen molar-refractivity contribution in [3.63, 3.8) is 0 Å². The van der Waals surface area contributed by atoms with Crippen molar-refractivity contribution in [2.24, 2.45) is 0 Å². The van der Waals surface area contributed by atoms with Crippen LogP contribution in [-0.2, 0) is 9.47 Å². The molecule has 0 bridgehead atoms. The minimum atomic E-state index is 0.0563. The minimum Gasteiger partial charge on any atom is -0.353 e. The molecule has 0 aromatic carbocycles. The van der Waals surface area contributed by atoms with Crippen LogP contribution >= 0.6 is 0 Å². The largest absolute Gasteiger partial charge is 0.353 e. The summed E-state index contributed by atoms with van der Waals surface area (Å²) in [5.41, 5.74) is 0. The van der Waals surface area contributed by atoms with Gasteiger partial charge in [-0.1, -0.05) is 26.2 Å². The maximum absolute atomic E-state index is 5.65. The molecule has 1 fully saturated rings. The zero-order valence-corrected chi connectivity index (χ0v) is 11.9. The van der Waals surface area contributed by atoms with Crippen LogP contribution in [-0.4, -0.2) is 19.5 Å². The summed E-state index contributed by atoms with van der Waals surface area (Å²) >= 11 is 0. The van der Waals surface area contributed by atoms with Crippen molar-refractivity contribution < 1.29 is 9.47 Å². The summed E-state index contributed by atoms with van der Waals surface area (Å²) in [7, 11) is 0. The molecule has 1 unspecified atom stereocenters. The SMILES string of the molecule is CCCCCCC#CCCCOC1CCCCO1. The van der Waals surface area contributed by atoms with Gasteiger partial charge in [0.05, 0.1) is 6.61 Å². The highest BCUT2D eigenvalue weighted by atomic mass is 16.7. The Balaban J connectivity index is 1.84. The molecule has 0 aliphatic carbocycles. The van der Waals surface area contributed by atoms with Crippen LogP contribution in [0.1, 0.15) is 71.1 Å². The Labute approximate surface area is 112 Å². The lowest BCUT2D eigenvalue weighted by Gasteiger charge is -2.22. The van der Waals surface area contributed by atoms with E-state index in [1.807, 2.05) is 0 Å². The van der Waals surface area contributed by atoms with E-state index in [1.165, 1.54) is 38.5 Å². The van der Waals surface area contributed by atoms with Gasteiger partial charge >= 0.3 is 0 Å². The van der Waals surface area contributed by atoms with Crippen molar-refractivity contribution >= 4 is 0 Å². The Bertz CT molecular complexity index is 233. The molecule has 2 nitrogen and oxygen atoms in total. The molecule has 1 aliphatic heterocycles. The van der Waals surface area contributed by atoms with Crippen LogP contribution in [0.3, 0.4) is 0 Å². The molecule has 0 aromatic rings. The molecule has 0 aromatic heterocycles. The van der Waals surface area contributed by atoms with Crippen LogP contribution < -0.4 is 0 Å². The van der Waals surface area contributed by atoms with Gasteiger partial charge in [-0.15, -0.1) is 11.8 Å². The highest BCUT2D eigenvalue weighted by Gasteiger charge is 2.12. The van der Waals surface area contributed by atoms with Crippen molar-refractivity contribution in [2.75, 3.05) is 13.2 Å². The van der Waals surface area contributed by atoms with Crippen molar-refractivity contribution in [2.45, 2.75) is 77.4 Å². The number of hydrogen-bond acceptors (Lipinski definition) is 2. The fraction of sp³-hybridized carbons (Fsp3) is 0.875. The van der Waals surface area contributed by atoms with E-state index in [4.69, 9.17) is 9.47 Å². The average Bonchev–Trinajstić information content (AvgIpc) is 2.42. The van der Waals surface area contributed by atoms with Gasteiger partial charge < -0.3 is 9.47 Å². The standard InChI is InChI=1S/C16H28O2/c1-2-3-4-5-6-7-8-9-11-14-17-16-13-10-12-15-18-16/h16H,2-6,9-15H2,1H3. The van der Waals surface area contributed by atoms with Gasteiger partial charge in [-0.25, -0.2) is 0 Å². The third-order valence-corrected chi connectivity index (χ3v) is 3.17. The molecule has 0 spiro atoms. The quantitative estimate of drug-likeness (QED) is 0.474. The molecule has 1 rings (SSSR count). The number of hydrogen-bond donors (Lipinski definition) is 0. The van der Waals surface area contributed by atoms with Crippen molar-refractivity contribution in [1.29, 1.82) is 0 Å². The molecule has 0 radical (unpaired) electrons. The maximum atomic E-state index is 5.65. The van der Waals surface area contributed by atoms with Crippen LogP contribution in [0.2, 0.25) is 0 Å². The predicted molar refractivity (Wildman–Crippen MR) is 75.3 cm³/mol. The first-order valence-corrected chi connectivity index (χ1v) is 7.62. The summed E-state index contributed by atoms with van der Waals surface area (Å²) in [5, 5.41) is 0. The summed E-state index contributed by atoms with van der Waals surface area (Å²) < 4.78 is 11.2. The smallest absolute Gasteiger partial charge is 0.157 e. The Morgan fingerprint density at radius 1 is 1.06 bits per heavy atom. The van der Waals surface area contributed by atoms with E-state index in [0.717, 1.165) is 38.9 Å². The van der Waals surface area contributed by atoms with Crippen LogP contribution in [0.25, 0.3) is 0 Å². The van der Waals surface area contributed by atoms with Gasteiger partial charge in [0, 0.05) is 19.4 Å². The highest BCUT2D eigenvalue weighted by molar-refractivity contribution is 4.98. The maximum Gasteiger partial charge on any atom is 0.157 e. The van der Waals surface area contributed by atoms with Crippen molar-refractivity contribution in [1.82, 2.24) is 0 Å². The topological polar surface area (TPSA) is 18.5 Å². The van der Waals surface area contributed by atoms with Gasteiger partial charge in [0.2, 0.25) is 0 Å².